The third-order valence-electron chi connectivity index (χ3n) is 3.67. The lowest BCUT2D eigenvalue weighted by Gasteiger charge is -2.15. The molecule has 1 aliphatic rings. The van der Waals surface area contributed by atoms with Crippen molar-refractivity contribution in [3.63, 3.8) is 0 Å². The van der Waals surface area contributed by atoms with Crippen molar-refractivity contribution < 1.29 is 4.79 Å². The van der Waals surface area contributed by atoms with Crippen molar-refractivity contribution in [2.75, 3.05) is 4.90 Å². The van der Waals surface area contributed by atoms with E-state index in [9.17, 15) is 4.79 Å². The molecule has 0 atom stereocenters. The third-order valence-corrected chi connectivity index (χ3v) is 4.91. The second-order valence-corrected chi connectivity index (χ2v) is 7.05. The van der Waals surface area contributed by atoms with E-state index >= 15 is 0 Å². The molecule has 1 aromatic heterocycles. The molecule has 0 unspecified atom stereocenters. The molecule has 3 rings (SSSR count). The molecule has 0 aliphatic carbocycles. The third kappa shape index (κ3) is 2.69. The Bertz CT molecular complexity index is 805. The van der Waals surface area contributed by atoms with E-state index in [0.29, 0.717) is 10.8 Å². The smallest absolute Gasteiger partial charge is 0.281 e. The molecule has 2 heterocycles. The summed E-state index contributed by atoms with van der Waals surface area (Å²) in [6.07, 6.45) is 1.85. The number of thiophene rings is 1. The standard InChI is InChI=1S/C17H16N2OS2/c1-10-4-6-13(8-11(10)2)19-16(20)15(18-17(19)21)9-14-7-5-12(3)22-14/h4-9H,1-3H3,(H,18,21)/b15-9-. The van der Waals surface area contributed by atoms with Crippen molar-refractivity contribution in [1.82, 2.24) is 5.32 Å². The second kappa shape index (κ2) is 5.66. The quantitative estimate of drug-likeness (QED) is 0.669. The number of aryl methyl sites for hydroxylation is 3. The molecular formula is C17H16N2OS2. The fourth-order valence-corrected chi connectivity index (χ4v) is 3.43. The average molecular weight is 328 g/mol. The minimum absolute atomic E-state index is 0.112. The van der Waals surface area contributed by atoms with Crippen LogP contribution >= 0.6 is 23.6 Å². The first-order valence-electron chi connectivity index (χ1n) is 6.96. The summed E-state index contributed by atoms with van der Waals surface area (Å²) in [7, 11) is 0. The van der Waals surface area contributed by atoms with E-state index in [2.05, 4.69) is 5.32 Å². The highest BCUT2D eigenvalue weighted by Crippen LogP contribution is 2.26. The first kappa shape index (κ1) is 14.9. The molecule has 2 aromatic rings. The highest BCUT2D eigenvalue weighted by Gasteiger charge is 2.32. The van der Waals surface area contributed by atoms with Crippen LogP contribution in [0.15, 0.2) is 36.0 Å². The SMILES string of the molecule is Cc1ccc(/C=C2\NC(=S)N(c3ccc(C)c(C)c3)C2=O)s1. The van der Waals surface area contributed by atoms with Crippen molar-refractivity contribution >= 4 is 46.3 Å². The summed E-state index contributed by atoms with van der Waals surface area (Å²) in [5.41, 5.74) is 3.65. The van der Waals surface area contributed by atoms with Crippen molar-refractivity contribution in [3.8, 4) is 0 Å². The van der Waals surface area contributed by atoms with Crippen LogP contribution in [-0.2, 0) is 4.79 Å². The van der Waals surface area contributed by atoms with Crippen molar-refractivity contribution in [2.24, 2.45) is 0 Å². The lowest BCUT2D eigenvalue weighted by atomic mass is 10.1. The van der Waals surface area contributed by atoms with Gasteiger partial charge in [-0.3, -0.25) is 9.69 Å². The summed E-state index contributed by atoms with van der Waals surface area (Å²) in [4.78, 5) is 16.4. The predicted molar refractivity (Wildman–Crippen MR) is 96.2 cm³/mol. The summed E-state index contributed by atoms with van der Waals surface area (Å²) in [5, 5.41) is 3.44. The van der Waals surface area contributed by atoms with Crippen LogP contribution in [0.2, 0.25) is 0 Å². The number of hydrogen-bond acceptors (Lipinski definition) is 3. The first-order valence-corrected chi connectivity index (χ1v) is 8.19. The average Bonchev–Trinajstić information content (AvgIpc) is 2.98. The number of nitrogens with one attached hydrogen (secondary N) is 1. The zero-order chi connectivity index (χ0) is 15.9. The maximum absolute atomic E-state index is 12.6. The molecule has 112 valence electrons. The maximum Gasteiger partial charge on any atom is 0.281 e. The lowest BCUT2D eigenvalue weighted by molar-refractivity contribution is -0.113. The molecule has 5 heteroatoms. The van der Waals surface area contributed by atoms with E-state index < -0.39 is 0 Å². The van der Waals surface area contributed by atoms with Crippen LogP contribution in [0.3, 0.4) is 0 Å². The highest BCUT2D eigenvalue weighted by atomic mass is 32.1. The number of thiocarbonyl (C=S) groups is 1. The number of rotatable bonds is 2. The van der Waals surface area contributed by atoms with Gasteiger partial charge in [0, 0.05) is 9.75 Å². The minimum Gasteiger partial charge on any atom is -0.327 e. The molecule has 1 saturated heterocycles. The van der Waals surface area contributed by atoms with Crippen LogP contribution < -0.4 is 10.2 Å². The van der Waals surface area contributed by atoms with E-state index in [4.69, 9.17) is 12.2 Å². The monoisotopic (exact) mass is 328 g/mol. The first-order chi connectivity index (χ1) is 10.5. The highest BCUT2D eigenvalue weighted by molar-refractivity contribution is 7.80. The number of hydrogen-bond donors (Lipinski definition) is 1. The largest absolute Gasteiger partial charge is 0.327 e. The van der Waals surface area contributed by atoms with Crippen LogP contribution in [0.25, 0.3) is 6.08 Å². The Morgan fingerprint density at radius 1 is 1.14 bits per heavy atom. The van der Waals surface area contributed by atoms with Gasteiger partial charge in [-0.15, -0.1) is 11.3 Å². The summed E-state index contributed by atoms with van der Waals surface area (Å²) in [5.74, 6) is -0.112. The Balaban J connectivity index is 1.94. The topological polar surface area (TPSA) is 32.3 Å². The Labute approximate surface area is 139 Å². The molecule has 1 N–H and O–H groups in total. The van der Waals surface area contributed by atoms with Gasteiger partial charge in [-0.05, 0) is 74.5 Å². The minimum atomic E-state index is -0.112. The molecule has 3 nitrogen and oxygen atoms in total. The summed E-state index contributed by atoms with van der Waals surface area (Å²) in [6, 6.07) is 9.95. The van der Waals surface area contributed by atoms with E-state index in [1.54, 1.807) is 16.2 Å². The zero-order valence-electron chi connectivity index (χ0n) is 12.6. The Hall–Kier alpha value is -1.98. The van der Waals surface area contributed by atoms with Gasteiger partial charge in [-0.25, -0.2) is 0 Å². The molecule has 0 spiro atoms. The number of anilines is 1. The van der Waals surface area contributed by atoms with Gasteiger partial charge in [0.25, 0.3) is 5.91 Å². The van der Waals surface area contributed by atoms with Gasteiger partial charge < -0.3 is 5.32 Å². The van der Waals surface area contributed by atoms with E-state index in [1.165, 1.54) is 10.4 Å². The zero-order valence-corrected chi connectivity index (χ0v) is 14.3. The Morgan fingerprint density at radius 2 is 1.91 bits per heavy atom. The summed E-state index contributed by atoms with van der Waals surface area (Å²) < 4.78 is 0. The van der Waals surface area contributed by atoms with Crippen LogP contribution in [0.1, 0.15) is 20.9 Å². The fraction of sp³-hybridized carbons (Fsp3) is 0.176. The molecule has 1 aliphatic heterocycles. The molecular weight excluding hydrogens is 312 g/mol. The number of nitrogens with zero attached hydrogens (tertiary/aromatic N) is 1. The van der Waals surface area contributed by atoms with E-state index in [1.807, 2.05) is 57.2 Å². The number of carbonyl (C=O) groups is 1. The van der Waals surface area contributed by atoms with Gasteiger partial charge in [0.2, 0.25) is 0 Å². The van der Waals surface area contributed by atoms with E-state index in [0.717, 1.165) is 16.1 Å². The van der Waals surface area contributed by atoms with Crippen LogP contribution in [0.4, 0.5) is 5.69 Å². The molecule has 0 saturated carbocycles. The van der Waals surface area contributed by atoms with Gasteiger partial charge in [0.15, 0.2) is 5.11 Å². The van der Waals surface area contributed by atoms with Gasteiger partial charge in [0.05, 0.1) is 5.69 Å². The molecule has 0 radical (unpaired) electrons. The number of carbonyl (C=O) groups excluding carboxylic acids is 1. The Kier molecular flexibility index (Phi) is 3.85. The van der Waals surface area contributed by atoms with Crippen molar-refractivity contribution in [1.29, 1.82) is 0 Å². The predicted octanol–water partition coefficient (Wildman–Crippen LogP) is 3.94. The van der Waals surface area contributed by atoms with Crippen LogP contribution in [0, 0.1) is 20.8 Å². The Morgan fingerprint density at radius 3 is 2.55 bits per heavy atom. The number of benzene rings is 1. The molecule has 1 amide bonds. The molecule has 1 fully saturated rings. The molecule has 0 bridgehead atoms. The lowest BCUT2D eigenvalue weighted by Crippen LogP contribution is -2.30. The van der Waals surface area contributed by atoms with Gasteiger partial charge in [-0.1, -0.05) is 6.07 Å². The van der Waals surface area contributed by atoms with Crippen LogP contribution in [-0.4, -0.2) is 11.0 Å². The van der Waals surface area contributed by atoms with Gasteiger partial charge in [-0.2, -0.15) is 0 Å². The van der Waals surface area contributed by atoms with Crippen molar-refractivity contribution in [2.45, 2.75) is 20.8 Å². The molecule has 1 aromatic carbocycles. The molecule has 22 heavy (non-hydrogen) atoms. The van der Waals surface area contributed by atoms with Crippen molar-refractivity contribution in [3.05, 3.63) is 56.9 Å². The number of amides is 1. The van der Waals surface area contributed by atoms with Crippen LogP contribution in [0.5, 0.6) is 0 Å². The maximum atomic E-state index is 12.6. The van der Waals surface area contributed by atoms with Gasteiger partial charge in [0.1, 0.15) is 5.70 Å². The van der Waals surface area contributed by atoms with Gasteiger partial charge >= 0.3 is 0 Å². The summed E-state index contributed by atoms with van der Waals surface area (Å²) in [6.45, 7) is 6.12. The van der Waals surface area contributed by atoms with E-state index in [-0.39, 0.29) is 5.91 Å². The normalized spacial score (nSPS) is 16.5. The second-order valence-electron chi connectivity index (χ2n) is 5.35. The summed E-state index contributed by atoms with van der Waals surface area (Å²) >= 11 is 6.98. The fourth-order valence-electron chi connectivity index (χ4n) is 2.31.